The van der Waals surface area contributed by atoms with Crippen LogP contribution in [0.15, 0.2) is 17.5 Å². The van der Waals surface area contributed by atoms with E-state index in [1.54, 1.807) is 11.4 Å². The average Bonchev–Trinajstić information content (AvgIpc) is 2.66. The van der Waals surface area contributed by atoms with Crippen molar-refractivity contribution in [3.05, 3.63) is 22.4 Å². The fraction of sp³-hybridized carbons (Fsp3) is 0.455. The van der Waals surface area contributed by atoms with Crippen LogP contribution in [0.1, 0.15) is 23.5 Å². The van der Waals surface area contributed by atoms with E-state index in [2.05, 4.69) is 0 Å². The zero-order valence-corrected chi connectivity index (χ0v) is 11.6. The predicted molar refractivity (Wildman–Crippen MR) is 68.7 cm³/mol. The molecule has 0 aliphatic heterocycles. The van der Waals surface area contributed by atoms with Gasteiger partial charge in [0, 0.05) is 0 Å². The summed E-state index contributed by atoms with van der Waals surface area (Å²) in [7, 11) is -3.99. The van der Waals surface area contributed by atoms with Crippen LogP contribution < -0.4 is 0 Å². The summed E-state index contributed by atoms with van der Waals surface area (Å²) in [5, 5.41) is 9.06. The molecule has 0 saturated heterocycles. The Bertz CT molecular complexity index is 528. The molecule has 0 fully saturated rings. The van der Waals surface area contributed by atoms with Crippen molar-refractivity contribution in [3.63, 3.8) is 0 Å². The minimum absolute atomic E-state index is 0.325. The number of aliphatic carboxylic acids is 1. The molecule has 0 amide bonds. The van der Waals surface area contributed by atoms with E-state index < -0.39 is 38.5 Å². The van der Waals surface area contributed by atoms with Gasteiger partial charge in [-0.3, -0.25) is 9.59 Å². The molecule has 0 radical (unpaired) electrons. The van der Waals surface area contributed by atoms with Gasteiger partial charge in [0.2, 0.25) is 0 Å². The number of carbonyl (C=O) groups is 2. The minimum Gasteiger partial charge on any atom is -0.480 e. The van der Waals surface area contributed by atoms with Crippen LogP contribution in [0.25, 0.3) is 0 Å². The summed E-state index contributed by atoms with van der Waals surface area (Å²) >= 11 is 1.14. The normalized spacial score (nSPS) is 13.5. The molecular weight excluding hydrogens is 276 g/mol. The number of Topliss-reactive ketones (excluding diaryl/α,β-unsaturated/α-hetero) is 1. The van der Waals surface area contributed by atoms with Crippen molar-refractivity contribution in [2.24, 2.45) is 5.92 Å². The molecule has 0 saturated carbocycles. The first-order chi connectivity index (χ1) is 8.25. The summed E-state index contributed by atoms with van der Waals surface area (Å²) in [4.78, 5) is 23.0. The van der Waals surface area contributed by atoms with Crippen molar-refractivity contribution in [3.8, 4) is 0 Å². The van der Waals surface area contributed by atoms with Gasteiger partial charge in [0.15, 0.2) is 20.9 Å². The average molecular weight is 290 g/mol. The van der Waals surface area contributed by atoms with Crippen LogP contribution in [-0.4, -0.2) is 36.3 Å². The van der Waals surface area contributed by atoms with Crippen molar-refractivity contribution >= 4 is 32.9 Å². The van der Waals surface area contributed by atoms with Gasteiger partial charge < -0.3 is 5.11 Å². The molecule has 0 aliphatic rings. The first kappa shape index (κ1) is 14.8. The summed E-state index contributed by atoms with van der Waals surface area (Å²) in [6, 6.07) is 3.16. The maximum atomic E-state index is 11.9. The fourth-order valence-corrected chi connectivity index (χ4v) is 4.23. The Labute approximate surface area is 109 Å². The van der Waals surface area contributed by atoms with E-state index in [-0.39, 0.29) is 0 Å². The van der Waals surface area contributed by atoms with E-state index in [1.807, 2.05) is 0 Å². The van der Waals surface area contributed by atoms with Gasteiger partial charge in [0.1, 0.15) is 5.75 Å². The van der Waals surface area contributed by atoms with E-state index in [1.165, 1.54) is 19.9 Å². The SMILES string of the molecule is CC(C)C(C(=O)O)S(=O)(=O)CC(=O)c1cccs1. The summed E-state index contributed by atoms with van der Waals surface area (Å²) in [5.41, 5.74) is 0. The maximum Gasteiger partial charge on any atom is 0.322 e. The molecule has 100 valence electrons. The molecule has 18 heavy (non-hydrogen) atoms. The van der Waals surface area contributed by atoms with E-state index >= 15 is 0 Å². The topological polar surface area (TPSA) is 88.5 Å². The highest BCUT2D eigenvalue weighted by Gasteiger charge is 2.36. The first-order valence-corrected chi connectivity index (χ1v) is 7.86. The van der Waals surface area contributed by atoms with Crippen molar-refractivity contribution in [1.82, 2.24) is 0 Å². The second kappa shape index (κ2) is 5.62. The Morgan fingerprint density at radius 3 is 2.39 bits per heavy atom. The number of carboxylic acid groups (broad SMARTS) is 1. The molecule has 1 unspecified atom stereocenters. The van der Waals surface area contributed by atoms with Crippen LogP contribution in [0.5, 0.6) is 0 Å². The number of ketones is 1. The Morgan fingerprint density at radius 2 is 2.00 bits per heavy atom. The summed E-state index contributed by atoms with van der Waals surface area (Å²) < 4.78 is 23.8. The highest BCUT2D eigenvalue weighted by Crippen LogP contribution is 2.17. The molecule has 7 heteroatoms. The lowest BCUT2D eigenvalue weighted by molar-refractivity contribution is -0.137. The Balaban J connectivity index is 2.94. The number of carboxylic acids is 1. The molecule has 0 aromatic carbocycles. The lowest BCUT2D eigenvalue weighted by Crippen LogP contribution is -2.38. The third-order valence-corrected chi connectivity index (χ3v) is 5.46. The third-order valence-electron chi connectivity index (χ3n) is 2.36. The van der Waals surface area contributed by atoms with E-state index in [9.17, 15) is 18.0 Å². The van der Waals surface area contributed by atoms with E-state index in [0.717, 1.165) is 11.3 Å². The Kier molecular flexibility index (Phi) is 4.64. The monoisotopic (exact) mass is 290 g/mol. The van der Waals surface area contributed by atoms with Crippen LogP contribution in [0.2, 0.25) is 0 Å². The number of sulfone groups is 1. The minimum atomic E-state index is -3.99. The second-order valence-electron chi connectivity index (χ2n) is 4.21. The number of thiophene rings is 1. The third kappa shape index (κ3) is 3.39. The van der Waals surface area contributed by atoms with Crippen LogP contribution in [0, 0.1) is 5.92 Å². The highest BCUT2D eigenvalue weighted by atomic mass is 32.2. The molecule has 1 rings (SSSR count). The molecule has 1 heterocycles. The molecule has 1 N–H and O–H groups in total. The fourth-order valence-electron chi connectivity index (χ4n) is 1.63. The Morgan fingerprint density at radius 1 is 1.39 bits per heavy atom. The van der Waals surface area contributed by atoms with Gasteiger partial charge in [0.25, 0.3) is 0 Å². The van der Waals surface area contributed by atoms with Gasteiger partial charge in [-0.25, -0.2) is 8.42 Å². The van der Waals surface area contributed by atoms with Gasteiger partial charge in [-0.15, -0.1) is 11.3 Å². The van der Waals surface area contributed by atoms with Crippen LogP contribution >= 0.6 is 11.3 Å². The number of carbonyl (C=O) groups excluding carboxylic acids is 1. The number of hydrogen-bond acceptors (Lipinski definition) is 5. The van der Waals surface area contributed by atoms with Gasteiger partial charge in [0.05, 0.1) is 4.88 Å². The summed E-state index contributed by atoms with van der Waals surface area (Å²) in [6.45, 7) is 3.01. The van der Waals surface area contributed by atoms with Gasteiger partial charge >= 0.3 is 5.97 Å². The molecule has 0 bridgehead atoms. The van der Waals surface area contributed by atoms with Gasteiger partial charge in [-0.2, -0.15) is 0 Å². The van der Waals surface area contributed by atoms with Gasteiger partial charge in [-0.1, -0.05) is 19.9 Å². The van der Waals surface area contributed by atoms with Crippen LogP contribution in [-0.2, 0) is 14.6 Å². The number of hydrogen-bond donors (Lipinski definition) is 1. The lowest BCUT2D eigenvalue weighted by Gasteiger charge is -2.16. The summed E-state index contributed by atoms with van der Waals surface area (Å²) in [6.07, 6.45) is 0. The molecule has 0 spiro atoms. The van der Waals surface area contributed by atoms with E-state index in [0.29, 0.717) is 4.88 Å². The lowest BCUT2D eigenvalue weighted by atomic mass is 10.1. The van der Waals surface area contributed by atoms with Crippen LogP contribution in [0.3, 0.4) is 0 Å². The quantitative estimate of drug-likeness (QED) is 0.801. The standard InChI is InChI=1S/C11H14O5S2/c1-7(2)10(11(13)14)18(15,16)6-8(12)9-4-3-5-17-9/h3-5,7,10H,6H2,1-2H3,(H,13,14). The smallest absolute Gasteiger partial charge is 0.322 e. The zero-order chi connectivity index (χ0) is 13.9. The van der Waals surface area contributed by atoms with Crippen molar-refractivity contribution in [2.45, 2.75) is 19.1 Å². The molecule has 1 atom stereocenters. The van der Waals surface area contributed by atoms with E-state index in [4.69, 9.17) is 5.11 Å². The molecular formula is C11H14O5S2. The Hall–Kier alpha value is -1.21. The maximum absolute atomic E-state index is 11.9. The predicted octanol–water partition coefficient (Wildman–Crippen LogP) is 1.45. The highest BCUT2D eigenvalue weighted by molar-refractivity contribution is 7.93. The number of rotatable bonds is 6. The van der Waals surface area contributed by atoms with Crippen molar-refractivity contribution in [2.75, 3.05) is 5.75 Å². The molecule has 5 nitrogen and oxygen atoms in total. The van der Waals surface area contributed by atoms with Gasteiger partial charge in [-0.05, 0) is 17.4 Å². The molecule has 1 aromatic rings. The molecule has 1 aromatic heterocycles. The summed E-state index contributed by atoms with van der Waals surface area (Å²) in [5.74, 6) is -3.31. The van der Waals surface area contributed by atoms with Crippen molar-refractivity contribution in [1.29, 1.82) is 0 Å². The second-order valence-corrected chi connectivity index (χ2v) is 7.28. The molecule has 0 aliphatic carbocycles. The van der Waals surface area contributed by atoms with Crippen molar-refractivity contribution < 1.29 is 23.1 Å². The largest absolute Gasteiger partial charge is 0.480 e. The first-order valence-electron chi connectivity index (χ1n) is 5.26. The zero-order valence-electron chi connectivity index (χ0n) is 9.99. The van der Waals surface area contributed by atoms with Crippen LogP contribution in [0.4, 0.5) is 0 Å².